The van der Waals surface area contributed by atoms with Crippen LogP contribution in [0.25, 0.3) is 0 Å². The fraction of sp³-hybridized carbons (Fsp3) is 1.00. The maximum absolute atomic E-state index is 9.62. The fourth-order valence-corrected chi connectivity index (χ4v) is 1.81. The Bertz CT molecular complexity index is 97.3. The largest absolute Gasteiger partial charge is 0.393 e. The summed E-state index contributed by atoms with van der Waals surface area (Å²) in [6.07, 6.45) is 2.44. The molecule has 10 heavy (non-hydrogen) atoms. The first kappa shape index (κ1) is 8.06. The summed E-state index contributed by atoms with van der Waals surface area (Å²) in [7, 11) is 0. The number of hydrogen-bond donors (Lipinski definition) is 1. The van der Waals surface area contributed by atoms with E-state index in [1.165, 1.54) is 12.8 Å². The van der Waals surface area contributed by atoms with Crippen LogP contribution in [-0.4, -0.2) is 11.2 Å². The summed E-state index contributed by atoms with van der Waals surface area (Å²) in [5.74, 6) is 1.74. The lowest BCUT2D eigenvalue weighted by molar-refractivity contribution is 0.00602. The molecular weight excluding hydrogens is 124 g/mol. The van der Waals surface area contributed by atoms with Crippen LogP contribution < -0.4 is 0 Å². The Morgan fingerprint density at radius 1 is 1.00 bits per heavy atom. The second-order valence-electron chi connectivity index (χ2n) is 3.88. The number of hydrogen-bond acceptors (Lipinski definition) is 1. The molecule has 0 spiro atoms. The normalized spacial score (nSPS) is 49.2. The van der Waals surface area contributed by atoms with Crippen LogP contribution in [0.3, 0.4) is 0 Å². The molecule has 1 aliphatic carbocycles. The molecule has 0 aromatic carbocycles. The van der Waals surface area contributed by atoms with Crippen molar-refractivity contribution in [2.45, 2.75) is 39.7 Å². The third-order valence-electron chi connectivity index (χ3n) is 3.10. The topological polar surface area (TPSA) is 20.2 Å². The highest BCUT2D eigenvalue weighted by Gasteiger charge is 2.30. The standard InChI is InChI=1S/C9H18O/c1-6-4-5-7(2)9(10)8(6)3/h6-10H,4-5H2,1-3H3/t6-,7+,8+,9+/m1/s1. The third kappa shape index (κ3) is 1.34. The van der Waals surface area contributed by atoms with Crippen molar-refractivity contribution in [3.05, 3.63) is 0 Å². The van der Waals surface area contributed by atoms with Gasteiger partial charge in [-0.3, -0.25) is 0 Å². The first-order chi connectivity index (χ1) is 4.63. The Labute approximate surface area is 63.4 Å². The Kier molecular flexibility index (Phi) is 2.35. The molecule has 60 valence electrons. The van der Waals surface area contributed by atoms with Gasteiger partial charge >= 0.3 is 0 Å². The summed E-state index contributed by atoms with van der Waals surface area (Å²) in [5.41, 5.74) is 0. The predicted octanol–water partition coefficient (Wildman–Crippen LogP) is 2.05. The van der Waals surface area contributed by atoms with Gasteiger partial charge in [-0.15, -0.1) is 0 Å². The van der Waals surface area contributed by atoms with E-state index < -0.39 is 0 Å². The van der Waals surface area contributed by atoms with Crippen molar-refractivity contribution in [1.82, 2.24) is 0 Å². The summed E-state index contributed by atoms with van der Waals surface area (Å²) < 4.78 is 0. The van der Waals surface area contributed by atoms with Gasteiger partial charge in [0.2, 0.25) is 0 Å². The van der Waals surface area contributed by atoms with Gasteiger partial charge in [-0.25, -0.2) is 0 Å². The average molecular weight is 142 g/mol. The van der Waals surface area contributed by atoms with E-state index >= 15 is 0 Å². The summed E-state index contributed by atoms with van der Waals surface area (Å²) in [6.45, 7) is 6.54. The quantitative estimate of drug-likeness (QED) is 0.549. The van der Waals surface area contributed by atoms with E-state index in [1.807, 2.05) is 0 Å². The molecule has 0 aliphatic heterocycles. The molecule has 0 aromatic rings. The van der Waals surface area contributed by atoms with Gasteiger partial charge in [0.25, 0.3) is 0 Å². The minimum absolute atomic E-state index is 0.0521. The van der Waals surface area contributed by atoms with Crippen LogP contribution in [0.5, 0.6) is 0 Å². The van der Waals surface area contributed by atoms with Crippen LogP contribution in [0.15, 0.2) is 0 Å². The first-order valence-corrected chi connectivity index (χ1v) is 4.31. The molecule has 0 bridgehead atoms. The van der Waals surface area contributed by atoms with E-state index in [1.54, 1.807) is 0 Å². The van der Waals surface area contributed by atoms with Crippen molar-refractivity contribution >= 4 is 0 Å². The molecular formula is C9H18O. The second-order valence-corrected chi connectivity index (χ2v) is 3.88. The molecule has 1 saturated carbocycles. The maximum atomic E-state index is 9.62. The van der Waals surface area contributed by atoms with Crippen LogP contribution in [-0.2, 0) is 0 Å². The molecule has 1 nitrogen and oxygen atoms in total. The van der Waals surface area contributed by atoms with Gasteiger partial charge in [0.05, 0.1) is 6.10 Å². The number of aliphatic hydroxyl groups excluding tert-OH is 1. The molecule has 1 aliphatic rings. The lowest BCUT2D eigenvalue weighted by Gasteiger charge is -2.35. The molecule has 1 fully saturated rings. The smallest absolute Gasteiger partial charge is 0.0593 e. The van der Waals surface area contributed by atoms with Crippen molar-refractivity contribution in [2.24, 2.45) is 17.8 Å². The van der Waals surface area contributed by atoms with Crippen LogP contribution >= 0.6 is 0 Å². The Morgan fingerprint density at radius 3 is 2.00 bits per heavy atom. The zero-order valence-electron chi connectivity index (χ0n) is 7.17. The Balaban J connectivity index is 2.52. The van der Waals surface area contributed by atoms with E-state index in [-0.39, 0.29) is 6.10 Å². The Morgan fingerprint density at radius 2 is 1.50 bits per heavy atom. The van der Waals surface area contributed by atoms with Crippen molar-refractivity contribution in [3.8, 4) is 0 Å². The minimum Gasteiger partial charge on any atom is -0.393 e. The van der Waals surface area contributed by atoms with Gasteiger partial charge in [0.15, 0.2) is 0 Å². The van der Waals surface area contributed by atoms with Crippen molar-refractivity contribution in [1.29, 1.82) is 0 Å². The van der Waals surface area contributed by atoms with E-state index in [2.05, 4.69) is 20.8 Å². The highest BCUT2D eigenvalue weighted by Crippen LogP contribution is 2.32. The van der Waals surface area contributed by atoms with Gasteiger partial charge in [-0.1, -0.05) is 27.2 Å². The van der Waals surface area contributed by atoms with E-state index in [4.69, 9.17) is 0 Å². The summed E-state index contributed by atoms with van der Waals surface area (Å²) in [4.78, 5) is 0. The van der Waals surface area contributed by atoms with Crippen molar-refractivity contribution in [3.63, 3.8) is 0 Å². The predicted molar refractivity (Wildman–Crippen MR) is 42.7 cm³/mol. The third-order valence-corrected chi connectivity index (χ3v) is 3.10. The van der Waals surface area contributed by atoms with Crippen molar-refractivity contribution in [2.75, 3.05) is 0 Å². The second kappa shape index (κ2) is 2.91. The average Bonchev–Trinajstić information content (AvgIpc) is 1.93. The molecule has 0 radical (unpaired) electrons. The SMILES string of the molecule is C[C@@H]1[C@@H](O)[C@@H](C)CC[C@H]1C. The molecule has 1 rings (SSSR count). The first-order valence-electron chi connectivity index (χ1n) is 4.31. The van der Waals surface area contributed by atoms with Gasteiger partial charge < -0.3 is 5.11 Å². The zero-order chi connectivity index (χ0) is 7.72. The summed E-state index contributed by atoms with van der Waals surface area (Å²) in [6, 6.07) is 0. The van der Waals surface area contributed by atoms with E-state index in [0.717, 1.165) is 0 Å². The molecule has 0 amide bonds. The zero-order valence-corrected chi connectivity index (χ0v) is 7.17. The highest BCUT2D eigenvalue weighted by atomic mass is 16.3. The van der Waals surface area contributed by atoms with Crippen molar-refractivity contribution < 1.29 is 5.11 Å². The van der Waals surface area contributed by atoms with Crippen LogP contribution in [0.1, 0.15) is 33.6 Å². The van der Waals surface area contributed by atoms with Crippen LogP contribution in [0.4, 0.5) is 0 Å². The summed E-state index contributed by atoms with van der Waals surface area (Å²) in [5, 5.41) is 9.62. The van der Waals surface area contributed by atoms with Gasteiger partial charge in [-0.05, 0) is 24.2 Å². The lowest BCUT2D eigenvalue weighted by atomic mass is 9.74. The fourth-order valence-electron chi connectivity index (χ4n) is 1.81. The molecule has 1 heteroatoms. The Hall–Kier alpha value is -0.0400. The van der Waals surface area contributed by atoms with E-state index in [9.17, 15) is 5.11 Å². The van der Waals surface area contributed by atoms with Crippen LogP contribution in [0, 0.1) is 17.8 Å². The molecule has 0 heterocycles. The van der Waals surface area contributed by atoms with E-state index in [0.29, 0.717) is 17.8 Å². The number of rotatable bonds is 0. The number of aliphatic hydroxyl groups is 1. The molecule has 0 unspecified atom stereocenters. The summed E-state index contributed by atoms with van der Waals surface area (Å²) >= 11 is 0. The van der Waals surface area contributed by atoms with Crippen LogP contribution in [0.2, 0.25) is 0 Å². The minimum atomic E-state index is -0.0521. The highest BCUT2D eigenvalue weighted by molar-refractivity contribution is 4.80. The monoisotopic (exact) mass is 142 g/mol. The maximum Gasteiger partial charge on any atom is 0.0593 e. The van der Waals surface area contributed by atoms with Gasteiger partial charge in [0, 0.05) is 0 Å². The van der Waals surface area contributed by atoms with Gasteiger partial charge in [0.1, 0.15) is 0 Å². The molecule has 0 aromatic heterocycles. The molecule has 1 N–H and O–H groups in total. The van der Waals surface area contributed by atoms with Gasteiger partial charge in [-0.2, -0.15) is 0 Å². The lowest BCUT2D eigenvalue weighted by Crippen LogP contribution is -2.34. The molecule has 0 saturated heterocycles. The molecule has 4 atom stereocenters.